The van der Waals surface area contributed by atoms with E-state index in [0.717, 1.165) is 12.5 Å². The third kappa shape index (κ3) is 5.67. The normalized spacial score (nSPS) is 13.6. The molecule has 1 atom stereocenters. The highest BCUT2D eigenvalue weighted by Gasteiger charge is 2.27. The third-order valence-electron chi connectivity index (χ3n) is 3.48. The minimum Gasteiger partial charge on any atom is -0.356 e. The van der Waals surface area contributed by atoms with E-state index in [1.54, 1.807) is 18.4 Å². The SMILES string of the molecule is CCNC(=O)C(C)(C)CNC(=NC)NCC(C)c1cccs1. The first kappa shape index (κ1) is 18.5. The minimum atomic E-state index is -0.479. The molecule has 0 fully saturated rings. The molecule has 1 heterocycles. The van der Waals surface area contributed by atoms with Crippen molar-refractivity contribution in [2.75, 3.05) is 26.7 Å². The number of nitrogens with zero attached hydrogens (tertiary/aromatic N) is 1. The van der Waals surface area contributed by atoms with Crippen LogP contribution in [0, 0.1) is 5.41 Å². The van der Waals surface area contributed by atoms with Crippen molar-refractivity contribution in [3.8, 4) is 0 Å². The van der Waals surface area contributed by atoms with E-state index in [4.69, 9.17) is 0 Å². The summed E-state index contributed by atoms with van der Waals surface area (Å²) in [5.41, 5.74) is -0.479. The smallest absolute Gasteiger partial charge is 0.227 e. The number of hydrogen-bond acceptors (Lipinski definition) is 3. The molecule has 0 aliphatic heterocycles. The van der Waals surface area contributed by atoms with E-state index in [9.17, 15) is 4.79 Å². The molecule has 0 aliphatic rings. The molecular weight excluding hydrogens is 296 g/mol. The first-order valence-corrected chi connectivity index (χ1v) is 8.55. The number of thiophene rings is 1. The monoisotopic (exact) mass is 324 g/mol. The van der Waals surface area contributed by atoms with Crippen LogP contribution < -0.4 is 16.0 Å². The van der Waals surface area contributed by atoms with E-state index < -0.39 is 5.41 Å². The molecule has 1 aromatic heterocycles. The number of hydrogen-bond donors (Lipinski definition) is 3. The fourth-order valence-electron chi connectivity index (χ4n) is 1.93. The Labute approximate surface area is 137 Å². The van der Waals surface area contributed by atoms with Crippen LogP contribution in [0.4, 0.5) is 0 Å². The Balaban J connectivity index is 2.44. The Kier molecular flexibility index (Phi) is 7.38. The lowest BCUT2D eigenvalue weighted by atomic mass is 9.92. The maximum Gasteiger partial charge on any atom is 0.227 e. The molecule has 0 saturated carbocycles. The summed E-state index contributed by atoms with van der Waals surface area (Å²) < 4.78 is 0. The van der Waals surface area contributed by atoms with Gasteiger partial charge in [-0.2, -0.15) is 0 Å². The molecule has 3 N–H and O–H groups in total. The number of rotatable bonds is 7. The molecule has 1 rings (SSSR count). The molecule has 6 heteroatoms. The predicted octanol–water partition coefficient (Wildman–Crippen LogP) is 2.18. The summed E-state index contributed by atoms with van der Waals surface area (Å²) in [6.45, 7) is 9.94. The Bertz CT molecular complexity index is 482. The molecule has 1 amide bonds. The molecule has 22 heavy (non-hydrogen) atoms. The maximum absolute atomic E-state index is 12.0. The highest BCUT2D eigenvalue weighted by atomic mass is 32.1. The van der Waals surface area contributed by atoms with Gasteiger partial charge in [0.1, 0.15) is 0 Å². The summed E-state index contributed by atoms with van der Waals surface area (Å²) >= 11 is 1.76. The van der Waals surface area contributed by atoms with E-state index in [2.05, 4.69) is 45.4 Å². The first-order chi connectivity index (χ1) is 10.4. The highest BCUT2D eigenvalue weighted by molar-refractivity contribution is 7.10. The molecule has 0 spiro atoms. The summed E-state index contributed by atoms with van der Waals surface area (Å²) in [6.07, 6.45) is 0. The van der Waals surface area contributed by atoms with Crippen molar-refractivity contribution in [2.45, 2.75) is 33.6 Å². The number of guanidine groups is 1. The number of nitrogens with one attached hydrogen (secondary N) is 3. The molecule has 0 aliphatic carbocycles. The van der Waals surface area contributed by atoms with Gasteiger partial charge in [-0.25, -0.2) is 0 Å². The fourth-order valence-corrected chi connectivity index (χ4v) is 2.71. The molecule has 0 bridgehead atoms. The van der Waals surface area contributed by atoms with E-state index in [1.165, 1.54) is 4.88 Å². The average molecular weight is 324 g/mol. The average Bonchev–Trinajstić information content (AvgIpc) is 3.01. The molecule has 1 unspecified atom stereocenters. The van der Waals surface area contributed by atoms with Crippen LogP contribution in [0.1, 0.15) is 38.5 Å². The van der Waals surface area contributed by atoms with Crippen LogP contribution in [0.5, 0.6) is 0 Å². The molecule has 1 aromatic rings. The van der Waals surface area contributed by atoms with Gasteiger partial charge in [0.2, 0.25) is 5.91 Å². The topological polar surface area (TPSA) is 65.5 Å². The molecule has 0 saturated heterocycles. The van der Waals surface area contributed by atoms with Crippen LogP contribution >= 0.6 is 11.3 Å². The zero-order valence-corrected chi connectivity index (χ0v) is 15.0. The van der Waals surface area contributed by atoms with Crippen LogP contribution in [0.15, 0.2) is 22.5 Å². The van der Waals surface area contributed by atoms with Crippen molar-refractivity contribution in [3.63, 3.8) is 0 Å². The molecule has 0 aromatic carbocycles. The van der Waals surface area contributed by atoms with Crippen molar-refractivity contribution in [2.24, 2.45) is 10.4 Å². The summed E-state index contributed by atoms with van der Waals surface area (Å²) in [5.74, 6) is 1.20. The van der Waals surface area contributed by atoms with Gasteiger partial charge in [0.25, 0.3) is 0 Å². The summed E-state index contributed by atoms with van der Waals surface area (Å²) in [4.78, 5) is 17.5. The van der Waals surface area contributed by atoms with Crippen molar-refractivity contribution in [1.29, 1.82) is 0 Å². The largest absolute Gasteiger partial charge is 0.356 e. The highest BCUT2D eigenvalue weighted by Crippen LogP contribution is 2.19. The Hall–Kier alpha value is -1.56. The molecule has 124 valence electrons. The van der Waals surface area contributed by atoms with Crippen molar-refractivity contribution >= 4 is 23.2 Å². The lowest BCUT2D eigenvalue weighted by Gasteiger charge is -2.25. The third-order valence-corrected chi connectivity index (χ3v) is 4.58. The van der Waals surface area contributed by atoms with Crippen LogP contribution in [0.25, 0.3) is 0 Å². The zero-order chi connectivity index (χ0) is 16.6. The number of carbonyl (C=O) groups is 1. The van der Waals surface area contributed by atoms with Gasteiger partial charge in [-0.1, -0.05) is 13.0 Å². The fraction of sp³-hybridized carbons (Fsp3) is 0.625. The molecule has 5 nitrogen and oxygen atoms in total. The van der Waals surface area contributed by atoms with E-state index in [-0.39, 0.29) is 5.91 Å². The number of carbonyl (C=O) groups excluding carboxylic acids is 1. The van der Waals surface area contributed by atoms with Gasteiger partial charge < -0.3 is 16.0 Å². The Morgan fingerprint density at radius 1 is 1.36 bits per heavy atom. The van der Waals surface area contributed by atoms with E-state index >= 15 is 0 Å². The van der Waals surface area contributed by atoms with Gasteiger partial charge in [-0.3, -0.25) is 9.79 Å². The van der Waals surface area contributed by atoms with Crippen LogP contribution in [-0.4, -0.2) is 38.5 Å². The van der Waals surface area contributed by atoms with Gasteiger partial charge in [0.05, 0.1) is 5.41 Å². The van der Waals surface area contributed by atoms with Gasteiger partial charge >= 0.3 is 0 Å². The van der Waals surface area contributed by atoms with Gasteiger partial charge in [-0.05, 0) is 32.2 Å². The van der Waals surface area contributed by atoms with E-state index in [0.29, 0.717) is 19.0 Å². The molecule has 0 radical (unpaired) electrons. The second-order valence-corrected chi connectivity index (χ2v) is 6.95. The van der Waals surface area contributed by atoms with Crippen LogP contribution in [0.2, 0.25) is 0 Å². The van der Waals surface area contributed by atoms with Crippen LogP contribution in [-0.2, 0) is 4.79 Å². The second-order valence-electron chi connectivity index (χ2n) is 5.97. The maximum atomic E-state index is 12.0. The Morgan fingerprint density at radius 2 is 2.09 bits per heavy atom. The number of aliphatic imine (C=N–C) groups is 1. The quantitative estimate of drug-likeness (QED) is 0.532. The minimum absolute atomic E-state index is 0.0462. The summed E-state index contributed by atoms with van der Waals surface area (Å²) in [5, 5.41) is 11.5. The lowest BCUT2D eigenvalue weighted by Crippen LogP contribution is -2.48. The van der Waals surface area contributed by atoms with Gasteiger partial charge in [0.15, 0.2) is 5.96 Å². The first-order valence-electron chi connectivity index (χ1n) is 7.67. The molecular formula is C16H28N4OS. The van der Waals surface area contributed by atoms with Crippen LogP contribution in [0.3, 0.4) is 0 Å². The Morgan fingerprint density at radius 3 is 2.64 bits per heavy atom. The number of amides is 1. The summed E-state index contributed by atoms with van der Waals surface area (Å²) in [7, 11) is 1.74. The predicted molar refractivity (Wildman–Crippen MR) is 94.6 cm³/mol. The van der Waals surface area contributed by atoms with Crippen molar-refractivity contribution < 1.29 is 4.79 Å². The lowest BCUT2D eigenvalue weighted by molar-refractivity contribution is -0.128. The standard InChI is InChI=1S/C16H28N4OS/c1-6-18-14(21)16(3,4)11-20-15(17-5)19-10-12(2)13-8-7-9-22-13/h7-9,12H,6,10-11H2,1-5H3,(H,18,21)(H2,17,19,20). The van der Waals surface area contributed by atoms with Gasteiger partial charge in [0, 0.05) is 37.5 Å². The van der Waals surface area contributed by atoms with E-state index in [1.807, 2.05) is 20.8 Å². The van der Waals surface area contributed by atoms with Gasteiger partial charge in [-0.15, -0.1) is 11.3 Å². The van der Waals surface area contributed by atoms with Crippen molar-refractivity contribution in [3.05, 3.63) is 22.4 Å². The zero-order valence-electron chi connectivity index (χ0n) is 14.2. The second kappa shape index (κ2) is 8.78. The van der Waals surface area contributed by atoms with Crippen molar-refractivity contribution in [1.82, 2.24) is 16.0 Å². The summed E-state index contributed by atoms with van der Waals surface area (Å²) in [6, 6.07) is 4.21.